The van der Waals surface area contributed by atoms with Gasteiger partial charge in [0.15, 0.2) is 5.13 Å². The van der Waals surface area contributed by atoms with Crippen LogP contribution in [0.25, 0.3) is 0 Å². The van der Waals surface area contributed by atoms with E-state index in [0.29, 0.717) is 6.04 Å². The van der Waals surface area contributed by atoms with E-state index in [4.69, 9.17) is 4.98 Å². The number of rotatable bonds is 7. The summed E-state index contributed by atoms with van der Waals surface area (Å²) in [6.07, 6.45) is 0. The molecule has 2 heterocycles. The van der Waals surface area contributed by atoms with Crippen molar-refractivity contribution < 1.29 is 0 Å². The van der Waals surface area contributed by atoms with Gasteiger partial charge in [0.05, 0.1) is 5.69 Å². The molecule has 1 saturated heterocycles. The van der Waals surface area contributed by atoms with Gasteiger partial charge >= 0.3 is 0 Å². The van der Waals surface area contributed by atoms with Crippen molar-refractivity contribution in [3.8, 4) is 0 Å². The van der Waals surface area contributed by atoms with E-state index < -0.39 is 0 Å². The number of aromatic nitrogens is 1. The van der Waals surface area contributed by atoms with Gasteiger partial charge in [0.1, 0.15) is 0 Å². The molecule has 0 radical (unpaired) electrons. The SMILES string of the molecule is CC(C)NCc1csc(N2CCN(CCN(C)C)CC2)n1. The lowest BCUT2D eigenvalue weighted by Gasteiger charge is -2.35. The first-order valence-electron chi connectivity index (χ1n) is 7.84. The minimum Gasteiger partial charge on any atom is -0.346 e. The number of nitrogens with one attached hydrogen (secondary N) is 1. The molecule has 1 N–H and O–H groups in total. The van der Waals surface area contributed by atoms with E-state index in [9.17, 15) is 0 Å². The molecule has 21 heavy (non-hydrogen) atoms. The van der Waals surface area contributed by atoms with Crippen LogP contribution in [-0.2, 0) is 6.54 Å². The average Bonchev–Trinajstić information content (AvgIpc) is 2.92. The van der Waals surface area contributed by atoms with Crippen LogP contribution in [0.2, 0.25) is 0 Å². The molecule has 0 amide bonds. The Morgan fingerprint density at radius 3 is 2.62 bits per heavy atom. The fourth-order valence-corrected chi connectivity index (χ4v) is 3.21. The van der Waals surface area contributed by atoms with Gasteiger partial charge in [-0.2, -0.15) is 0 Å². The summed E-state index contributed by atoms with van der Waals surface area (Å²) in [5, 5.41) is 6.79. The van der Waals surface area contributed by atoms with E-state index in [0.717, 1.165) is 39.3 Å². The summed E-state index contributed by atoms with van der Waals surface area (Å²) in [4.78, 5) is 12.0. The van der Waals surface area contributed by atoms with Crippen LogP contribution in [0, 0.1) is 0 Å². The van der Waals surface area contributed by atoms with Crippen LogP contribution in [0.15, 0.2) is 5.38 Å². The van der Waals surface area contributed by atoms with Crippen LogP contribution in [0.5, 0.6) is 0 Å². The van der Waals surface area contributed by atoms with Crippen LogP contribution in [0.1, 0.15) is 19.5 Å². The van der Waals surface area contributed by atoms with Crippen molar-refractivity contribution in [2.24, 2.45) is 0 Å². The molecule has 1 aromatic rings. The number of thiazole rings is 1. The number of hydrogen-bond acceptors (Lipinski definition) is 6. The van der Waals surface area contributed by atoms with Gasteiger partial charge in [0, 0.05) is 57.2 Å². The molecule has 0 unspecified atom stereocenters. The summed E-state index contributed by atoms with van der Waals surface area (Å²) in [5.41, 5.74) is 1.17. The lowest BCUT2D eigenvalue weighted by molar-refractivity contribution is 0.229. The van der Waals surface area contributed by atoms with Crippen molar-refractivity contribution in [2.45, 2.75) is 26.4 Å². The van der Waals surface area contributed by atoms with Gasteiger partial charge in [-0.25, -0.2) is 4.98 Å². The second-order valence-electron chi connectivity index (χ2n) is 6.29. The predicted octanol–water partition coefficient (Wildman–Crippen LogP) is 1.32. The van der Waals surface area contributed by atoms with Gasteiger partial charge in [-0.1, -0.05) is 13.8 Å². The number of hydrogen-bond donors (Lipinski definition) is 1. The zero-order valence-electron chi connectivity index (χ0n) is 13.8. The van der Waals surface area contributed by atoms with Crippen molar-refractivity contribution in [2.75, 3.05) is 58.3 Å². The fraction of sp³-hybridized carbons (Fsp3) is 0.800. The largest absolute Gasteiger partial charge is 0.346 e. The van der Waals surface area contributed by atoms with Crippen LogP contribution >= 0.6 is 11.3 Å². The van der Waals surface area contributed by atoms with Gasteiger partial charge in [0.2, 0.25) is 0 Å². The van der Waals surface area contributed by atoms with Crippen LogP contribution in [0.3, 0.4) is 0 Å². The van der Waals surface area contributed by atoms with Gasteiger partial charge < -0.3 is 15.1 Å². The maximum absolute atomic E-state index is 4.76. The molecule has 2 rings (SSSR count). The summed E-state index contributed by atoms with van der Waals surface area (Å²) >= 11 is 1.78. The van der Waals surface area contributed by atoms with Crippen molar-refractivity contribution in [3.63, 3.8) is 0 Å². The van der Waals surface area contributed by atoms with Crippen LogP contribution in [-0.4, -0.2) is 74.2 Å². The zero-order chi connectivity index (χ0) is 15.2. The topological polar surface area (TPSA) is 34.6 Å². The van der Waals surface area contributed by atoms with E-state index >= 15 is 0 Å². The Hall–Kier alpha value is -0.690. The molecule has 0 spiro atoms. The monoisotopic (exact) mass is 311 g/mol. The highest BCUT2D eigenvalue weighted by atomic mass is 32.1. The number of anilines is 1. The highest BCUT2D eigenvalue weighted by molar-refractivity contribution is 7.13. The molecule has 0 aromatic carbocycles. The Morgan fingerprint density at radius 2 is 2.00 bits per heavy atom. The third-order valence-electron chi connectivity index (χ3n) is 3.74. The Labute approximate surface area is 132 Å². The smallest absolute Gasteiger partial charge is 0.185 e. The van der Waals surface area contributed by atoms with Crippen molar-refractivity contribution >= 4 is 16.5 Å². The second kappa shape index (κ2) is 8.08. The van der Waals surface area contributed by atoms with Gasteiger partial charge in [-0.05, 0) is 14.1 Å². The standard InChI is InChI=1S/C15H29N5S/c1-13(2)16-11-14-12-21-15(17-14)20-9-7-19(8-10-20)6-5-18(3)4/h12-13,16H,5-11H2,1-4H3. The molecule has 0 saturated carbocycles. The van der Waals surface area contributed by atoms with Crippen molar-refractivity contribution in [3.05, 3.63) is 11.1 Å². The van der Waals surface area contributed by atoms with Gasteiger partial charge in [-0.3, -0.25) is 4.90 Å². The highest BCUT2D eigenvalue weighted by Gasteiger charge is 2.19. The Bertz CT molecular complexity index is 410. The summed E-state index contributed by atoms with van der Waals surface area (Å²) < 4.78 is 0. The van der Waals surface area contributed by atoms with Gasteiger partial charge in [0.25, 0.3) is 0 Å². The summed E-state index contributed by atoms with van der Waals surface area (Å²) in [7, 11) is 4.27. The van der Waals surface area contributed by atoms with Crippen molar-refractivity contribution in [1.82, 2.24) is 20.1 Å². The maximum Gasteiger partial charge on any atom is 0.185 e. The summed E-state index contributed by atoms with van der Waals surface area (Å²) in [6.45, 7) is 12.0. The Balaban J connectivity index is 1.77. The molecule has 5 nitrogen and oxygen atoms in total. The molecular formula is C15H29N5S. The Kier molecular flexibility index (Phi) is 6.41. The molecule has 0 atom stereocenters. The summed E-state index contributed by atoms with van der Waals surface area (Å²) in [6, 6.07) is 0.510. The highest BCUT2D eigenvalue weighted by Crippen LogP contribution is 2.21. The lowest BCUT2D eigenvalue weighted by Crippen LogP contribution is -2.48. The van der Waals surface area contributed by atoms with E-state index in [1.165, 1.54) is 17.4 Å². The lowest BCUT2D eigenvalue weighted by atomic mass is 10.3. The second-order valence-corrected chi connectivity index (χ2v) is 7.13. The molecule has 6 heteroatoms. The van der Waals surface area contributed by atoms with Crippen molar-refractivity contribution in [1.29, 1.82) is 0 Å². The van der Waals surface area contributed by atoms with Crippen LogP contribution < -0.4 is 10.2 Å². The van der Waals surface area contributed by atoms with E-state index in [1.54, 1.807) is 11.3 Å². The molecule has 1 aliphatic heterocycles. The van der Waals surface area contributed by atoms with E-state index in [1.807, 2.05) is 0 Å². The zero-order valence-corrected chi connectivity index (χ0v) is 14.6. The quantitative estimate of drug-likeness (QED) is 0.822. The number of piperazine rings is 1. The predicted molar refractivity (Wildman–Crippen MR) is 91.3 cm³/mol. The minimum absolute atomic E-state index is 0.510. The number of nitrogens with zero attached hydrogens (tertiary/aromatic N) is 4. The molecule has 1 aliphatic rings. The Morgan fingerprint density at radius 1 is 1.29 bits per heavy atom. The molecule has 120 valence electrons. The van der Waals surface area contributed by atoms with Crippen LogP contribution in [0.4, 0.5) is 5.13 Å². The molecule has 1 aromatic heterocycles. The minimum atomic E-state index is 0.510. The first-order valence-corrected chi connectivity index (χ1v) is 8.72. The van der Waals surface area contributed by atoms with E-state index in [2.05, 4.69) is 53.3 Å². The summed E-state index contributed by atoms with van der Waals surface area (Å²) in [5.74, 6) is 0. The average molecular weight is 311 g/mol. The third kappa shape index (κ3) is 5.54. The first kappa shape index (κ1) is 16.7. The fourth-order valence-electron chi connectivity index (χ4n) is 2.34. The molecule has 0 aliphatic carbocycles. The normalized spacial score (nSPS) is 17.1. The first-order chi connectivity index (χ1) is 10.0. The molecule has 1 fully saturated rings. The third-order valence-corrected chi connectivity index (χ3v) is 4.69. The maximum atomic E-state index is 4.76. The van der Waals surface area contributed by atoms with Gasteiger partial charge in [-0.15, -0.1) is 11.3 Å². The van der Waals surface area contributed by atoms with E-state index in [-0.39, 0.29) is 0 Å². The molecule has 0 bridgehead atoms. The number of likely N-dealkylation sites (N-methyl/N-ethyl adjacent to an activating group) is 1. The molecular weight excluding hydrogens is 282 g/mol.